The lowest BCUT2D eigenvalue weighted by Gasteiger charge is -2.17. The number of aryl methyl sites for hydroxylation is 1. The molecule has 102 valence electrons. The molecule has 1 N–H and O–H groups in total. The van der Waals surface area contributed by atoms with Crippen LogP contribution in [0, 0.1) is 6.92 Å². The smallest absolute Gasteiger partial charge is 0.138 e. The van der Waals surface area contributed by atoms with E-state index in [0.29, 0.717) is 0 Å². The van der Waals surface area contributed by atoms with Crippen molar-refractivity contribution >= 4 is 17.0 Å². The molecule has 3 aromatic rings. The van der Waals surface area contributed by atoms with Crippen LogP contribution in [0.2, 0.25) is 0 Å². The van der Waals surface area contributed by atoms with Crippen LogP contribution in [0.3, 0.4) is 0 Å². The van der Waals surface area contributed by atoms with E-state index in [0.717, 1.165) is 17.1 Å². The Morgan fingerprint density at radius 1 is 1.30 bits per heavy atom. The van der Waals surface area contributed by atoms with Crippen LogP contribution >= 0.6 is 11.3 Å². The largest absolute Gasteiger partial charge is 0.376 e. The van der Waals surface area contributed by atoms with Crippen molar-refractivity contribution in [1.82, 2.24) is 19.7 Å². The molecular formula is C14H15N5S. The summed E-state index contributed by atoms with van der Waals surface area (Å²) < 4.78 is 1.76. The third-order valence-corrected chi connectivity index (χ3v) is 4.23. The van der Waals surface area contributed by atoms with Gasteiger partial charge >= 0.3 is 0 Å². The van der Waals surface area contributed by atoms with Crippen LogP contribution in [-0.2, 0) is 0 Å². The lowest BCUT2D eigenvalue weighted by Crippen LogP contribution is -2.09. The van der Waals surface area contributed by atoms with Crippen LogP contribution in [0.4, 0.5) is 5.69 Å². The summed E-state index contributed by atoms with van der Waals surface area (Å²) in [4.78, 5) is 9.55. The summed E-state index contributed by atoms with van der Waals surface area (Å²) in [6.07, 6.45) is 3.23. The first-order valence-corrected chi connectivity index (χ1v) is 7.24. The highest BCUT2D eigenvalue weighted by Gasteiger charge is 2.13. The molecule has 0 amide bonds. The number of anilines is 1. The molecule has 2 heterocycles. The topological polar surface area (TPSA) is 55.6 Å². The minimum Gasteiger partial charge on any atom is -0.376 e. The van der Waals surface area contributed by atoms with E-state index < -0.39 is 0 Å². The number of hydrogen-bond acceptors (Lipinski definition) is 5. The van der Waals surface area contributed by atoms with Gasteiger partial charge in [-0.3, -0.25) is 0 Å². The van der Waals surface area contributed by atoms with Crippen molar-refractivity contribution in [2.24, 2.45) is 0 Å². The Morgan fingerprint density at radius 2 is 2.15 bits per heavy atom. The Hall–Kier alpha value is -2.21. The number of hydrogen-bond donors (Lipinski definition) is 1. The van der Waals surface area contributed by atoms with Gasteiger partial charge in [-0.05, 0) is 26.0 Å². The van der Waals surface area contributed by atoms with Gasteiger partial charge in [-0.25, -0.2) is 14.6 Å². The Kier molecular flexibility index (Phi) is 3.47. The van der Waals surface area contributed by atoms with Crippen LogP contribution in [0.1, 0.15) is 23.5 Å². The molecule has 0 saturated heterocycles. The third-order valence-electron chi connectivity index (χ3n) is 3.12. The highest BCUT2D eigenvalue weighted by atomic mass is 32.1. The molecule has 0 aliphatic heterocycles. The second-order valence-corrected chi connectivity index (χ2v) is 5.41. The summed E-state index contributed by atoms with van der Waals surface area (Å²) in [5.41, 5.74) is 4.97. The fraction of sp³-hybridized carbons (Fsp3) is 0.214. The SMILES string of the molecule is Cc1ncsc1C(C)Nc1ccccc1-n1cncn1. The normalized spacial score (nSPS) is 12.3. The standard InChI is InChI=1S/C14H15N5S/c1-10-14(20-9-16-10)11(2)18-12-5-3-4-6-13(12)19-8-15-7-17-19/h3-9,11,18H,1-2H3. The molecule has 5 nitrogen and oxygen atoms in total. The molecule has 3 rings (SSSR count). The number of nitrogens with zero attached hydrogens (tertiary/aromatic N) is 4. The maximum absolute atomic E-state index is 4.30. The fourth-order valence-corrected chi connectivity index (χ4v) is 2.96. The Balaban J connectivity index is 1.90. The van der Waals surface area contributed by atoms with Gasteiger partial charge in [-0.1, -0.05) is 12.1 Å². The summed E-state index contributed by atoms with van der Waals surface area (Å²) >= 11 is 1.67. The van der Waals surface area contributed by atoms with E-state index in [1.807, 2.05) is 36.7 Å². The van der Waals surface area contributed by atoms with E-state index in [1.54, 1.807) is 22.3 Å². The Labute approximate surface area is 121 Å². The molecule has 0 aliphatic rings. The molecule has 1 unspecified atom stereocenters. The van der Waals surface area contributed by atoms with Gasteiger partial charge in [0.15, 0.2) is 0 Å². The molecule has 6 heteroatoms. The maximum Gasteiger partial charge on any atom is 0.138 e. The summed E-state index contributed by atoms with van der Waals surface area (Å²) in [6, 6.07) is 8.26. The second-order valence-electron chi connectivity index (χ2n) is 4.53. The van der Waals surface area contributed by atoms with Gasteiger partial charge in [0, 0.05) is 4.88 Å². The first-order chi connectivity index (χ1) is 9.75. The minimum absolute atomic E-state index is 0.201. The summed E-state index contributed by atoms with van der Waals surface area (Å²) in [5, 5.41) is 7.71. The van der Waals surface area contributed by atoms with E-state index in [9.17, 15) is 0 Å². The number of nitrogens with one attached hydrogen (secondary N) is 1. The van der Waals surface area contributed by atoms with Gasteiger partial charge < -0.3 is 5.32 Å². The average molecular weight is 285 g/mol. The molecule has 0 spiro atoms. The van der Waals surface area contributed by atoms with E-state index in [-0.39, 0.29) is 6.04 Å². The van der Waals surface area contributed by atoms with E-state index in [4.69, 9.17) is 0 Å². The van der Waals surface area contributed by atoms with Gasteiger partial charge in [0.25, 0.3) is 0 Å². The first-order valence-electron chi connectivity index (χ1n) is 6.36. The highest BCUT2D eigenvalue weighted by molar-refractivity contribution is 7.09. The summed E-state index contributed by atoms with van der Waals surface area (Å²) in [5.74, 6) is 0. The van der Waals surface area contributed by atoms with Crippen molar-refractivity contribution in [1.29, 1.82) is 0 Å². The monoisotopic (exact) mass is 285 g/mol. The average Bonchev–Trinajstić information content (AvgIpc) is 3.10. The zero-order valence-corrected chi connectivity index (χ0v) is 12.1. The predicted octanol–water partition coefficient (Wildman–Crippen LogP) is 3.21. The number of benzene rings is 1. The van der Waals surface area contributed by atoms with Gasteiger partial charge in [-0.2, -0.15) is 5.10 Å². The van der Waals surface area contributed by atoms with Crippen molar-refractivity contribution in [3.05, 3.63) is 53.0 Å². The second kappa shape index (κ2) is 5.42. The van der Waals surface area contributed by atoms with Crippen molar-refractivity contribution in [3.63, 3.8) is 0 Å². The van der Waals surface area contributed by atoms with Gasteiger partial charge in [0.1, 0.15) is 12.7 Å². The van der Waals surface area contributed by atoms with Gasteiger partial charge in [0.2, 0.25) is 0 Å². The summed E-state index contributed by atoms with van der Waals surface area (Å²) in [6.45, 7) is 4.17. The van der Waals surface area contributed by atoms with Crippen LogP contribution in [0.15, 0.2) is 42.4 Å². The van der Waals surface area contributed by atoms with Crippen LogP contribution < -0.4 is 5.32 Å². The number of para-hydroxylation sites is 2. The zero-order chi connectivity index (χ0) is 13.9. The lowest BCUT2D eigenvalue weighted by atomic mass is 10.2. The minimum atomic E-state index is 0.201. The highest BCUT2D eigenvalue weighted by Crippen LogP contribution is 2.27. The molecule has 0 aliphatic carbocycles. The number of rotatable bonds is 4. The molecule has 0 bridgehead atoms. The summed E-state index contributed by atoms with van der Waals surface area (Å²) in [7, 11) is 0. The van der Waals surface area contributed by atoms with E-state index in [1.165, 1.54) is 11.2 Å². The molecule has 20 heavy (non-hydrogen) atoms. The maximum atomic E-state index is 4.30. The molecule has 1 atom stereocenters. The zero-order valence-electron chi connectivity index (χ0n) is 11.3. The molecular weight excluding hydrogens is 270 g/mol. The Morgan fingerprint density at radius 3 is 2.85 bits per heavy atom. The molecule has 0 radical (unpaired) electrons. The molecule has 2 aromatic heterocycles. The van der Waals surface area contributed by atoms with Crippen LogP contribution in [-0.4, -0.2) is 19.7 Å². The van der Waals surface area contributed by atoms with Crippen molar-refractivity contribution in [3.8, 4) is 5.69 Å². The predicted molar refractivity (Wildman–Crippen MR) is 80.2 cm³/mol. The van der Waals surface area contributed by atoms with E-state index in [2.05, 4.69) is 27.3 Å². The third kappa shape index (κ3) is 2.42. The number of aromatic nitrogens is 4. The fourth-order valence-electron chi connectivity index (χ4n) is 2.15. The van der Waals surface area contributed by atoms with Crippen molar-refractivity contribution in [2.75, 3.05) is 5.32 Å². The van der Waals surface area contributed by atoms with Gasteiger partial charge in [0.05, 0.1) is 28.6 Å². The van der Waals surface area contributed by atoms with Crippen molar-refractivity contribution in [2.45, 2.75) is 19.9 Å². The molecule has 1 aromatic carbocycles. The van der Waals surface area contributed by atoms with E-state index >= 15 is 0 Å². The quantitative estimate of drug-likeness (QED) is 0.799. The molecule has 0 saturated carbocycles. The first kappa shape index (κ1) is 12.8. The number of thiazole rings is 1. The van der Waals surface area contributed by atoms with Crippen molar-refractivity contribution < 1.29 is 0 Å². The molecule has 0 fully saturated rings. The van der Waals surface area contributed by atoms with Crippen LogP contribution in [0.5, 0.6) is 0 Å². The van der Waals surface area contributed by atoms with Crippen LogP contribution in [0.25, 0.3) is 5.69 Å². The van der Waals surface area contributed by atoms with Gasteiger partial charge in [-0.15, -0.1) is 11.3 Å². The lowest BCUT2D eigenvalue weighted by molar-refractivity contribution is 0.855. The Bertz CT molecular complexity index is 689.